The molecule has 1 unspecified atom stereocenters. The summed E-state index contributed by atoms with van der Waals surface area (Å²) >= 11 is 5.77. The maximum absolute atomic E-state index is 13.0. The zero-order valence-electron chi connectivity index (χ0n) is 13.1. The van der Waals surface area contributed by atoms with Crippen molar-refractivity contribution in [3.63, 3.8) is 0 Å². The van der Waals surface area contributed by atoms with Crippen LogP contribution < -0.4 is 16.6 Å². The lowest BCUT2D eigenvalue weighted by Crippen LogP contribution is -2.29. The maximum Gasteiger partial charge on any atom is 0.142 e. The molecule has 24 heavy (non-hydrogen) atoms. The van der Waals surface area contributed by atoms with E-state index in [1.165, 1.54) is 36.5 Å². The van der Waals surface area contributed by atoms with Crippen LogP contribution in [0.5, 0.6) is 5.75 Å². The normalized spacial score (nSPS) is 14.3. The first-order chi connectivity index (χ1) is 11.2. The van der Waals surface area contributed by atoms with Crippen LogP contribution in [0.3, 0.4) is 0 Å². The Morgan fingerprint density at radius 1 is 1.29 bits per heavy atom. The first kappa shape index (κ1) is 18.1. The average Bonchev–Trinajstić information content (AvgIpc) is 2.46. The number of phenolic OH excluding ortho intramolecular Hbond substituents is 1. The van der Waals surface area contributed by atoms with E-state index in [4.69, 9.17) is 23.2 Å². The molecule has 0 aliphatic rings. The Kier molecular flexibility index (Phi) is 5.33. The molecule has 2 aromatic carbocycles. The van der Waals surface area contributed by atoms with Crippen molar-refractivity contribution < 1.29 is 14.6 Å². The van der Waals surface area contributed by atoms with Gasteiger partial charge in [-0.1, -0.05) is 23.7 Å². The van der Waals surface area contributed by atoms with Crippen molar-refractivity contribution in [2.24, 2.45) is 11.6 Å². The Balaban J connectivity index is 2.16. The Bertz CT molecular complexity index is 748. The van der Waals surface area contributed by atoms with Crippen LogP contribution in [-0.2, 0) is 5.60 Å². The third kappa shape index (κ3) is 4.38. The van der Waals surface area contributed by atoms with Gasteiger partial charge < -0.3 is 15.9 Å². The molecule has 0 heterocycles. The highest BCUT2D eigenvalue weighted by Crippen LogP contribution is 2.30. The van der Waals surface area contributed by atoms with Crippen LogP contribution in [0.15, 0.2) is 54.4 Å². The monoisotopic (exact) mass is 351 g/mol. The van der Waals surface area contributed by atoms with Gasteiger partial charge in [-0.25, -0.2) is 10.2 Å². The number of aromatic hydroxyl groups is 1. The van der Waals surface area contributed by atoms with E-state index in [0.717, 1.165) is 5.01 Å². The van der Waals surface area contributed by atoms with Crippen LogP contribution in [0.1, 0.15) is 18.9 Å². The summed E-state index contributed by atoms with van der Waals surface area (Å²) in [5.74, 6) is 5.38. The molecule has 2 aromatic rings. The fraction of sp³-hybridized carbons (Fsp3) is 0.176. The van der Waals surface area contributed by atoms with Gasteiger partial charge in [0.15, 0.2) is 0 Å². The number of aliphatic hydroxyl groups is 1. The number of halogens is 2. The number of hydrazine groups is 1. The Morgan fingerprint density at radius 3 is 2.50 bits per heavy atom. The molecule has 0 bridgehead atoms. The summed E-state index contributed by atoms with van der Waals surface area (Å²) in [6.07, 6.45) is 1.46. The fourth-order valence-corrected chi connectivity index (χ4v) is 2.48. The molecule has 6 N–H and O–H groups in total. The molecule has 7 heteroatoms. The molecule has 1 atom stereocenters. The molecule has 2 rings (SSSR count). The van der Waals surface area contributed by atoms with Crippen LogP contribution in [0.4, 0.5) is 10.1 Å². The van der Waals surface area contributed by atoms with Gasteiger partial charge in [-0.15, -0.1) is 0 Å². The fourth-order valence-electron chi connectivity index (χ4n) is 2.32. The molecule has 0 aromatic heterocycles. The third-order valence-electron chi connectivity index (χ3n) is 3.54. The van der Waals surface area contributed by atoms with Gasteiger partial charge in [-0.3, -0.25) is 5.01 Å². The first-order valence-electron chi connectivity index (χ1n) is 7.16. The molecule has 0 fully saturated rings. The molecule has 0 spiro atoms. The van der Waals surface area contributed by atoms with Crippen LogP contribution in [0.2, 0.25) is 5.02 Å². The number of rotatable bonds is 5. The van der Waals surface area contributed by atoms with Gasteiger partial charge in [0.2, 0.25) is 0 Å². The summed E-state index contributed by atoms with van der Waals surface area (Å²) in [5, 5.41) is 21.9. The predicted molar refractivity (Wildman–Crippen MR) is 92.6 cm³/mol. The van der Waals surface area contributed by atoms with Crippen molar-refractivity contribution in [3.8, 4) is 5.75 Å². The Morgan fingerprint density at radius 2 is 1.92 bits per heavy atom. The van der Waals surface area contributed by atoms with E-state index in [1.807, 2.05) is 0 Å². The number of phenols is 1. The second-order valence-corrected chi connectivity index (χ2v) is 6.14. The van der Waals surface area contributed by atoms with E-state index < -0.39 is 5.60 Å². The topological polar surface area (TPSA) is 95.7 Å². The van der Waals surface area contributed by atoms with Crippen molar-refractivity contribution in [3.05, 3.63) is 70.8 Å². The number of nitrogens with two attached hydrogens (primary N) is 2. The molecule has 0 aliphatic heterocycles. The van der Waals surface area contributed by atoms with E-state index in [0.29, 0.717) is 16.3 Å². The summed E-state index contributed by atoms with van der Waals surface area (Å²) in [4.78, 5) is 0. The van der Waals surface area contributed by atoms with E-state index in [9.17, 15) is 14.6 Å². The highest BCUT2D eigenvalue weighted by atomic mass is 35.5. The second kappa shape index (κ2) is 7.09. The van der Waals surface area contributed by atoms with Crippen LogP contribution in [0, 0.1) is 5.82 Å². The first-order valence-corrected chi connectivity index (χ1v) is 7.54. The zero-order valence-corrected chi connectivity index (χ0v) is 13.8. The number of nitrogens with zero attached hydrogens (tertiary/aromatic N) is 1. The summed E-state index contributed by atoms with van der Waals surface area (Å²) in [7, 11) is 0. The summed E-state index contributed by atoms with van der Waals surface area (Å²) in [6.45, 7) is 1.57. The molecule has 0 saturated heterocycles. The number of anilines is 1. The Hall–Kier alpha value is -2.28. The molecule has 0 radical (unpaired) electrons. The van der Waals surface area contributed by atoms with Crippen molar-refractivity contribution >= 4 is 17.3 Å². The van der Waals surface area contributed by atoms with Crippen molar-refractivity contribution in [1.82, 2.24) is 0 Å². The second-order valence-electron chi connectivity index (χ2n) is 5.70. The molecule has 128 valence electrons. The minimum absolute atomic E-state index is 0.0701. The predicted octanol–water partition coefficient (Wildman–Crippen LogP) is 2.96. The van der Waals surface area contributed by atoms with Crippen molar-refractivity contribution in [1.29, 1.82) is 0 Å². The van der Waals surface area contributed by atoms with Crippen LogP contribution >= 0.6 is 11.6 Å². The minimum atomic E-state index is -1.29. The number of benzene rings is 2. The van der Waals surface area contributed by atoms with Crippen molar-refractivity contribution in [2.45, 2.75) is 18.9 Å². The van der Waals surface area contributed by atoms with Gasteiger partial charge in [-0.05, 0) is 36.8 Å². The zero-order chi connectivity index (χ0) is 17.9. The van der Waals surface area contributed by atoms with E-state index in [2.05, 4.69) is 0 Å². The quantitative estimate of drug-likeness (QED) is 0.490. The Labute approximate surface area is 144 Å². The van der Waals surface area contributed by atoms with E-state index in [-0.39, 0.29) is 23.7 Å². The SMILES string of the molecule is CC(O)(C/C(N)=C/N(N)c1ccc(Cl)cc1O)c1ccc(F)cc1. The minimum Gasteiger partial charge on any atom is -0.506 e. The summed E-state index contributed by atoms with van der Waals surface area (Å²) in [5.41, 5.74) is 5.76. The van der Waals surface area contributed by atoms with Gasteiger partial charge >= 0.3 is 0 Å². The van der Waals surface area contributed by atoms with Gasteiger partial charge in [0.1, 0.15) is 11.6 Å². The smallest absolute Gasteiger partial charge is 0.142 e. The molecule has 0 amide bonds. The van der Waals surface area contributed by atoms with E-state index >= 15 is 0 Å². The lowest BCUT2D eigenvalue weighted by atomic mass is 9.91. The number of hydrogen-bond donors (Lipinski definition) is 4. The third-order valence-corrected chi connectivity index (χ3v) is 3.77. The van der Waals surface area contributed by atoms with E-state index in [1.54, 1.807) is 19.1 Å². The van der Waals surface area contributed by atoms with Gasteiger partial charge in [0, 0.05) is 29.4 Å². The molecule has 0 saturated carbocycles. The lowest BCUT2D eigenvalue weighted by molar-refractivity contribution is 0.0571. The summed E-state index contributed by atoms with van der Waals surface area (Å²) in [6, 6.07) is 10.0. The summed E-state index contributed by atoms with van der Waals surface area (Å²) < 4.78 is 13.0. The van der Waals surface area contributed by atoms with Crippen LogP contribution in [0.25, 0.3) is 0 Å². The molecular weight excluding hydrogens is 333 g/mol. The van der Waals surface area contributed by atoms with Gasteiger partial charge in [0.25, 0.3) is 0 Å². The number of hydrogen-bond acceptors (Lipinski definition) is 5. The molecular formula is C17H19ClFN3O2. The van der Waals surface area contributed by atoms with Crippen LogP contribution in [-0.4, -0.2) is 10.2 Å². The maximum atomic E-state index is 13.0. The highest BCUT2D eigenvalue weighted by Gasteiger charge is 2.24. The van der Waals surface area contributed by atoms with Gasteiger partial charge in [0.05, 0.1) is 11.3 Å². The molecule has 5 nitrogen and oxygen atoms in total. The molecule has 0 aliphatic carbocycles. The average molecular weight is 352 g/mol. The standard InChI is InChI=1S/C17H19ClFN3O2/c1-17(24,11-2-5-13(19)6-3-11)9-14(20)10-22(21)15-7-4-12(18)8-16(15)23/h2-8,10,23-24H,9,20-21H2,1H3/b14-10-. The largest absolute Gasteiger partial charge is 0.506 e. The van der Waals surface area contributed by atoms with Gasteiger partial charge in [-0.2, -0.15) is 0 Å². The lowest BCUT2D eigenvalue weighted by Gasteiger charge is -2.25. The van der Waals surface area contributed by atoms with Crippen molar-refractivity contribution in [2.75, 3.05) is 5.01 Å². The highest BCUT2D eigenvalue weighted by molar-refractivity contribution is 6.30.